The first-order valence-corrected chi connectivity index (χ1v) is 7.85. The summed E-state index contributed by atoms with van der Waals surface area (Å²) >= 11 is 3.24. The summed E-state index contributed by atoms with van der Waals surface area (Å²) in [5.41, 5.74) is -0.0927. The van der Waals surface area contributed by atoms with E-state index in [2.05, 4.69) is 20.9 Å². The van der Waals surface area contributed by atoms with Crippen LogP contribution in [0.25, 0.3) is 0 Å². The molecule has 1 aliphatic rings. The number of aromatic nitrogens is 1. The van der Waals surface area contributed by atoms with E-state index in [1.165, 1.54) is 6.20 Å². The molecule has 0 atom stereocenters. The Balaban J connectivity index is 2.24. The van der Waals surface area contributed by atoms with Crippen molar-refractivity contribution in [3.8, 4) is 0 Å². The summed E-state index contributed by atoms with van der Waals surface area (Å²) in [6, 6.07) is 3.42. The average Bonchev–Trinajstić information content (AvgIpc) is 2.47. The van der Waals surface area contributed by atoms with E-state index in [4.69, 9.17) is 0 Å². The molecule has 1 aliphatic carbocycles. The van der Waals surface area contributed by atoms with E-state index in [-0.39, 0.29) is 12.3 Å². The molecule has 1 aromatic heterocycles. The number of hydrogen-bond acceptors (Lipinski definition) is 3. The fourth-order valence-corrected chi connectivity index (χ4v) is 3.27. The third-order valence-electron chi connectivity index (χ3n) is 4.26. The van der Waals surface area contributed by atoms with Crippen molar-refractivity contribution in [1.82, 2.24) is 9.88 Å². The summed E-state index contributed by atoms with van der Waals surface area (Å²) in [4.78, 5) is 29.5. The number of carbonyl (C=O) groups excluding carboxylic acids is 1. The van der Waals surface area contributed by atoms with Crippen molar-refractivity contribution in [2.75, 3.05) is 7.05 Å². The van der Waals surface area contributed by atoms with Gasteiger partial charge in [0.05, 0.1) is 17.5 Å². The second-order valence-corrected chi connectivity index (χ2v) is 6.40. The van der Waals surface area contributed by atoms with Gasteiger partial charge in [-0.15, -0.1) is 0 Å². The molecule has 1 heterocycles. The Labute approximate surface area is 132 Å². The zero-order valence-electron chi connectivity index (χ0n) is 12.0. The van der Waals surface area contributed by atoms with Crippen molar-refractivity contribution < 1.29 is 14.7 Å². The minimum atomic E-state index is -0.856. The number of nitrogens with zero attached hydrogens (tertiary/aromatic N) is 2. The van der Waals surface area contributed by atoms with Crippen LogP contribution in [-0.4, -0.2) is 39.5 Å². The number of halogens is 1. The number of carboxylic acids is 1. The van der Waals surface area contributed by atoms with Crippen LogP contribution in [0.5, 0.6) is 0 Å². The Morgan fingerprint density at radius 2 is 2.00 bits per heavy atom. The zero-order chi connectivity index (χ0) is 15.5. The van der Waals surface area contributed by atoms with Crippen molar-refractivity contribution in [1.29, 1.82) is 0 Å². The van der Waals surface area contributed by atoms with Gasteiger partial charge in [0.15, 0.2) is 0 Å². The van der Waals surface area contributed by atoms with Gasteiger partial charge in [0, 0.05) is 13.2 Å². The fraction of sp³-hybridized carbons (Fsp3) is 0.533. The largest absolute Gasteiger partial charge is 0.481 e. The highest BCUT2D eigenvalue weighted by atomic mass is 79.9. The average molecular weight is 355 g/mol. The third kappa shape index (κ3) is 3.61. The molecule has 0 unspecified atom stereocenters. The lowest BCUT2D eigenvalue weighted by molar-refractivity contribution is -0.140. The molecular formula is C15H19BrN2O3. The molecule has 5 nitrogen and oxygen atoms in total. The van der Waals surface area contributed by atoms with Crippen molar-refractivity contribution in [3.05, 3.63) is 28.5 Å². The molecule has 0 saturated heterocycles. The number of carbonyl (C=O) groups is 2. The van der Waals surface area contributed by atoms with Crippen molar-refractivity contribution >= 4 is 27.8 Å². The highest BCUT2D eigenvalue weighted by Gasteiger charge is 2.40. The second-order valence-electron chi connectivity index (χ2n) is 5.59. The number of carboxylic acid groups (broad SMARTS) is 1. The zero-order valence-corrected chi connectivity index (χ0v) is 13.6. The van der Waals surface area contributed by atoms with Gasteiger partial charge in [-0.1, -0.05) is 19.3 Å². The molecule has 21 heavy (non-hydrogen) atoms. The Bertz CT molecular complexity index is 524. The third-order valence-corrected chi connectivity index (χ3v) is 4.72. The van der Waals surface area contributed by atoms with E-state index >= 15 is 0 Å². The Morgan fingerprint density at radius 1 is 1.33 bits per heavy atom. The first-order valence-electron chi connectivity index (χ1n) is 7.06. The van der Waals surface area contributed by atoms with E-state index in [0.717, 1.165) is 32.1 Å². The molecule has 0 radical (unpaired) electrons. The van der Waals surface area contributed by atoms with Crippen LogP contribution < -0.4 is 0 Å². The first kappa shape index (κ1) is 15.9. The fourth-order valence-electron chi connectivity index (χ4n) is 3.03. The Hall–Kier alpha value is -1.43. The summed E-state index contributed by atoms with van der Waals surface area (Å²) in [6.07, 6.45) is 6.02. The monoisotopic (exact) mass is 354 g/mol. The van der Waals surface area contributed by atoms with Gasteiger partial charge < -0.3 is 10.0 Å². The van der Waals surface area contributed by atoms with E-state index in [9.17, 15) is 14.7 Å². The van der Waals surface area contributed by atoms with Gasteiger partial charge in [-0.2, -0.15) is 0 Å². The first-order chi connectivity index (χ1) is 9.94. The molecule has 1 fully saturated rings. The minimum absolute atomic E-state index is 0.000797. The lowest BCUT2D eigenvalue weighted by Crippen LogP contribution is -2.52. The number of pyridine rings is 1. The SMILES string of the molecule is CN(C(=O)c1ccc(Br)nc1)C1(CC(=O)O)CCCCC1. The van der Waals surface area contributed by atoms with E-state index in [1.54, 1.807) is 24.1 Å². The lowest BCUT2D eigenvalue weighted by Gasteiger charge is -2.43. The maximum atomic E-state index is 12.6. The summed E-state index contributed by atoms with van der Waals surface area (Å²) in [5, 5.41) is 9.21. The molecule has 1 aromatic rings. The van der Waals surface area contributed by atoms with Crippen molar-refractivity contribution in [3.63, 3.8) is 0 Å². The van der Waals surface area contributed by atoms with E-state index < -0.39 is 11.5 Å². The van der Waals surface area contributed by atoms with Crippen LogP contribution in [0, 0.1) is 0 Å². The van der Waals surface area contributed by atoms with Crippen LogP contribution in [0.3, 0.4) is 0 Å². The summed E-state index contributed by atoms with van der Waals surface area (Å²) in [5.74, 6) is -1.02. The van der Waals surface area contributed by atoms with E-state index in [0.29, 0.717) is 10.2 Å². The van der Waals surface area contributed by atoms with Crippen LogP contribution in [0.15, 0.2) is 22.9 Å². The van der Waals surface area contributed by atoms with Gasteiger partial charge in [-0.3, -0.25) is 9.59 Å². The molecule has 114 valence electrons. The van der Waals surface area contributed by atoms with Crippen LogP contribution >= 0.6 is 15.9 Å². The molecule has 6 heteroatoms. The standard InChI is InChI=1S/C15H19BrN2O3/c1-18(14(21)11-5-6-12(16)17-10-11)15(9-13(19)20)7-3-2-4-8-15/h5-6,10H,2-4,7-9H2,1H3,(H,19,20). The van der Waals surface area contributed by atoms with E-state index in [1.807, 2.05) is 0 Å². The molecule has 0 aromatic carbocycles. The topological polar surface area (TPSA) is 70.5 Å². The Morgan fingerprint density at radius 3 is 2.52 bits per heavy atom. The molecule has 0 aliphatic heterocycles. The molecule has 1 N–H and O–H groups in total. The number of hydrogen-bond donors (Lipinski definition) is 1. The molecule has 0 spiro atoms. The minimum Gasteiger partial charge on any atom is -0.481 e. The highest BCUT2D eigenvalue weighted by molar-refractivity contribution is 9.10. The number of rotatable bonds is 4. The smallest absolute Gasteiger partial charge is 0.305 e. The summed E-state index contributed by atoms with van der Waals surface area (Å²) in [6.45, 7) is 0. The Kier molecular flexibility index (Phi) is 4.98. The van der Waals surface area contributed by atoms with Gasteiger partial charge >= 0.3 is 5.97 Å². The highest BCUT2D eigenvalue weighted by Crippen LogP contribution is 2.36. The molecule has 1 amide bonds. The molecular weight excluding hydrogens is 336 g/mol. The van der Waals surface area contributed by atoms with Crippen molar-refractivity contribution in [2.45, 2.75) is 44.1 Å². The summed E-state index contributed by atoms with van der Waals surface area (Å²) in [7, 11) is 1.71. The molecule has 1 saturated carbocycles. The van der Waals surface area contributed by atoms with Gasteiger partial charge in [-0.05, 0) is 40.9 Å². The number of amides is 1. The lowest BCUT2D eigenvalue weighted by atomic mass is 9.78. The van der Waals surface area contributed by atoms with Crippen LogP contribution in [0.2, 0.25) is 0 Å². The molecule has 2 rings (SSSR count). The summed E-state index contributed by atoms with van der Waals surface area (Å²) < 4.78 is 0.666. The second kappa shape index (κ2) is 6.56. The van der Waals surface area contributed by atoms with Gasteiger partial charge in [0.2, 0.25) is 0 Å². The van der Waals surface area contributed by atoms with Crippen LogP contribution in [-0.2, 0) is 4.79 Å². The molecule has 0 bridgehead atoms. The number of aliphatic carboxylic acids is 1. The predicted molar refractivity (Wildman–Crippen MR) is 82.1 cm³/mol. The van der Waals surface area contributed by atoms with Crippen LogP contribution in [0.1, 0.15) is 48.9 Å². The van der Waals surface area contributed by atoms with Crippen molar-refractivity contribution in [2.24, 2.45) is 0 Å². The van der Waals surface area contributed by atoms with Gasteiger partial charge in [-0.25, -0.2) is 4.98 Å². The maximum absolute atomic E-state index is 12.6. The quantitative estimate of drug-likeness (QED) is 0.843. The maximum Gasteiger partial charge on any atom is 0.305 e. The normalized spacial score (nSPS) is 17.2. The van der Waals surface area contributed by atoms with Gasteiger partial charge in [0.1, 0.15) is 4.60 Å². The van der Waals surface area contributed by atoms with Crippen LogP contribution in [0.4, 0.5) is 0 Å². The van der Waals surface area contributed by atoms with Gasteiger partial charge in [0.25, 0.3) is 5.91 Å². The predicted octanol–water partition coefficient (Wildman–Crippen LogP) is 3.09.